The van der Waals surface area contributed by atoms with E-state index < -0.39 is 5.91 Å². The van der Waals surface area contributed by atoms with E-state index in [1.54, 1.807) is 23.2 Å². The fourth-order valence-electron chi connectivity index (χ4n) is 4.60. The molecular weight excluding hydrogens is 460 g/mol. The summed E-state index contributed by atoms with van der Waals surface area (Å²) in [6, 6.07) is 14.9. The van der Waals surface area contributed by atoms with Crippen molar-refractivity contribution >= 4 is 29.2 Å². The lowest BCUT2D eigenvalue weighted by Crippen LogP contribution is -2.52. The average molecular weight is 489 g/mol. The molecule has 10 nitrogen and oxygen atoms in total. The summed E-state index contributed by atoms with van der Waals surface area (Å²) in [4.78, 5) is 40.8. The van der Waals surface area contributed by atoms with Gasteiger partial charge >= 0.3 is 0 Å². The van der Waals surface area contributed by atoms with Crippen LogP contribution in [0.4, 0.5) is 11.5 Å². The Hall–Kier alpha value is -4.21. The molecule has 0 radical (unpaired) electrons. The number of likely N-dealkylation sites (tertiary alicyclic amines) is 1. The lowest BCUT2D eigenvalue weighted by molar-refractivity contribution is -0.131. The van der Waals surface area contributed by atoms with Gasteiger partial charge in [0.2, 0.25) is 11.8 Å². The van der Waals surface area contributed by atoms with Gasteiger partial charge in [-0.2, -0.15) is 5.10 Å². The molecule has 0 aliphatic carbocycles. The Kier molecular flexibility index (Phi) is 6.92. The van der Waals surface area contributed by atoms with Crippen LogP contribution < -0.4 is 15.5 Å². The zero-order valence-electron chi connectivity index (χ0n) is 19.8. The van der Waals surface area contributed by atoms with E-state index in [1.165, 1.54) is 11.8 Å². The molecular formula is C26H28N6O4. The van der Waals surface area contributed by atoms with Crippen molar-refractivity contribution in [1.29, 1.82) is 0 Å². The lowest BCUT2D eigenvalue weighted by atomic mass is 9.89. The minimum Gasteiger partial charge on any atom is -0.459 e. The van der Waals surface area contributed by atoms with E-state index in [1.807, 2.05) is 41.3 Å². The number of carbonyl (C=O) groups is 3. The molecule has 2 aliphatic rings. The zero-order valence-corrected chi connectivity index (χ0v) is 19.8. The zero-order chi connectivity index (χ0) is 24.9. The normalized spacial score (nSPS) is 16.3. The largest absolute Gasteiger partial charge is 0.459 e. The number of aromatic nitrogens is 2. The van der Waals surface area contributed by atoms with Crippen LogP contribution in [-0.2, 0) is 9.59 Å². The van der Waals surface area contributed by atoms with Gasteiger partial charge in [-0.05, 0) is 60.7 Å². The van der Waals surface area contributed by atoms with E-state index in [0.29, 0.717) is 32.1 Å². The number of rotatable bonds is 7. The van der Waals surface area contributed by atoms with Gasteiger partial charge in [0.1, 0.15) is 0 Å². The van der Waals surface area contributed by atoms with Crippen LogP contribution in [0.5, 0.6) is 0 Å². The first-order valence-electron chi connectivity index (χ1n) is 12.1. The quantitative estimate of drug-likeness (QED) is 0.523. The van der Waals surface area contributed by atoms with Gasteiger partial charge in [-0.3, -0.25) is 14.4 Å². The maximum atomic E-state index is 12.6. The highest BCUT2D eigenvalue weighted by atomic mass is 16.3. The molecule has 0 saturated carbocycles. The molecule has 186 valence electrons. The fraction of sp³-hybridized carbons (Fsp3) is 0.346. The molecule has 2 aromatic heterocycles. The molecule has 3 amide bonds. The highest BCUT2D eigenvalue weighted by Crippen LogP contribution is 2.29. The topological polar surface area (TPSA) is 121 Å². The van der Waals surface area contributed by atoms with Crippen LogP contribution in [0.15, 0.2) is 65.4 Å². The lowest BCUT2D eigenvalue weighted by Gasteiger charge is -2.38. The summed E-state index contributed by atoms with van der Waals surface area (Å²) in [5, 5.41) is 13.6. The van der Waals surface area contributed by atoms with Gasteiger partial charge in [-0.25, -0.2) is 0 Å². The molecule has 36 heavy (non-hydrogen) atoms. The number of nitrogens with one attached hydrogen (secondary N) is 2. The van der Waals surface area contributed by atoms with Gasteiger partial charge in [0.25, 0.3) is 5.91 Å². The first kappa shape index (κ1) is 23.5. The van der Waals surface area contributed by atoms with Crippen molar-refractivity contribution in [2.75, 3.05) is 42.9 Å². The maximum Gasteiger partial charge on any atom is 0.287 e. The maximum absolute atomic E-state index is 12.6. The molecule has 0 spiro atoms. The van der Waals surface area contributed by atoms with Gasteiger partial charge in [-0.1, -0.05) is 12.1 Å². The molecule has 0 atom stereocenters. The number of nitrogens with zero attached hydrogens (tertiary/aromatic N) is 4. The molecule has 2 aliphatic heterocycles. The molecule has 1 aromatic carbocycles. The van der Waals surface area contributed by atoms with Gasteiger partial charge in [0.15, 0.2) is 11.6 Å². The van der Waals surface area contributed by atoms with E-state index in [2.05, 4.69) is 20.8 Å². The highest BCUT2D eigenvalue weighted by molar-refractivity contribution is 5.95. The molecule has 2 fully saturated rings. The van der Waals surface area contributed by atoms with E-state index in [4.69, 9.17) is 4.42 Å². The van der Waals surface area contributed by atoms with Crippen LogP contribution in [0.25, 0.3) is 0 Å². The van der Waals surface area contributed by atoms with Crippen molar-refractivity contribution in [3.8, 4) is 0 Å². The van der Waals surface area contributed by atoms with Crippen LogP contribution in [0.2, 0.25) is 0 Å². The third kappa shape index (κ3) is 5.37. The summed E-state index contributed by atoms with van der Waals surface area (Å²) in [5.41, 5.74) is 1.98. The molecule has 5 rings (SSSR count). The Bertz CT molecular complexity index is 1180. The minimum absolute atomic E-state index is 0.00819. The van der Waals surface area contributed by atoms with Gasteiger partial charge < -0.3 is 24.9 Å². The second-order valence-electron chi connectivity index (χ2n) is 9.11. The second kappa shape index (κ2) is 10.6. The summed E-state index contributed by atoms with van der Waals surface area (Å²) in [6.07, 6.45) is 4.76. The summed E-state index contributed by atoms with van der Waals surface area (Å²) >= 11 is 0. The predicted molar refractivity (Wildman–Crippen MR) is 132 cm³/mol. The van der Waals surface area contributed by atoms with E-state index in [-0.39, 0.29) is 30.0 Å². The third-order valence-corrected chi connectivity index (χ3v) is 6.78. The van der Waals surface area contributed by atoms with Crippen LogP contribution in [0.1, 0.15) is 34.9 Å². The third-order valence-electron chi connectivity index (χ3n) is 6.78. The Balaban J connectivity index is 1.04. The number of anilines is 2. The molecule has 2 saturated heterocycles. The average Bonchev–Trinajstić information content (AvgIpc) is 3.43. The number of piperidine rings is 1. The van der Waals surface area contributed by atoms with Crippen LogP contribution in [-0.4, -0.2) is 65.5 Å². The first-order valence-corrected chi connectivity index (χ1v) is 12.1. The predicted octanol–water partition coefficient (Wildman–Crippen LogP) is 2.28. The number of hydrogen-bond acceptors (Lipinski definition) is 7. The van der Waals surface area contributed by atoms with E-state index >= 15 is 0 Å². The molecule has 3 aromatic rings. The van der Waals surface area contributed by atoms with Crippen molar-refractivity contribution in [3.63, 3.8) is 0 Å². The van der Waals surface area contributed by atoms with E-state index in [9.17, 15) is 14.4 Å². The van der Waals surface area contributed by atoms with Crippen molar-refractivity contribution in [3.05, 3.63) is 72.3 Å². The minimum atomic E-state index is -0.393. The number of amides is 3. The smallest absolute Gasteiger partial charge is 0.287 e. The Morgan fingerprint density at radius 1 is 1.00 bits per heavy atom. The van der Waals surface area contributed by atoms with Gasteiger partial charge in [0, 0.05) is 38.1 Å². The monoisotopic (exact) mass is 488 g/mol. The fourth-order valence-corrected chi connectivity index (χ4v) is 4.60. The number of furan rings is 1. The summed E-state index contributed by atoms with van der Waals surface area (Å²) in [6.45, 7) is 2.50. The van der Waals surface area contributed by atoms with Crippen LogP contribution >= 0.6 is 0 Å². The van der Waals surface area contributed by atoms with Gasteiger partial charge in [-0.15, -0.1) is 5.10 Å². The number of hydrogen-bond donors (Lipinski definition) is 2. The Labute approximate surface area is 208 Å². The SMILES string of the molecule is O=C(NCC(=O)N1CCC(c2ccc(NC(=O)C3CN(c4cccnn4)C3)cc2)CC1)c1ccco1. The molecule has 2 N–H and O–H groups in total. The molecule has 4 heterocycles. The molecule has 0 bridgehead atoms. The first-order chi connectivity index (χ1) is 17.6. The van der Waals surface area contributed by atoms with E-state index in [0.717, 1.165) is 24.3 Å². The van der Waals surface area contributed by atoms with Crippen molar-refractivity contribution in [1.82, 2.24) is 20.4 Å². The number of benzene rings is 1. The van der Waals surface area contributed by atoms with Crippen molar-refractivity contribution in [2.45, 2.75) is 18.8 Å². The highest BCUT2D eigenvalue weighted by Gasteiger charge is 2.33. The number of carbonyl (C=O) groups excluding carboxylic acids is 3. The summed E-state index contributed by atoms with van der Waals surface area (Å²) in [5.74, 6) is 0.779. The Morgan fingerprint density at radius 2 is 1.78 bits per heavy atom. The van der Waals surface area contributed by atoms with Crippen molar-refractivity contribution in [2.24, 2.45) is 5.92 Å². The molecule has 0 unspecified atom stereocenters. The van der Waals surface area contributed by atoms with Crippen LogP contribution in [0, 0.1) is 5.92 Å². The second-order valence-corrected chi connectivity index (χ2v) is 9.11. The summed E-state index contributed by atoms with van der Waals surface area (Å²) < 4.78 is 5.04. The standard InChI is InChI=1S/C26H28N6O4/c33-24(15-27-26(35)22-3-2-14-36-22)31-12-9-19(10-13-31)18-5-7-21(8-6-18)29-25(34)20-16-32(17-20)23-4-1-11-28-30-23/h1-8,11,14,19-20H,9-10,12-13,15-17H2,(H,27,35)(H,29,34). The van der Waals surface area contributed by atoms with Gasteiger partial charge in [0.05, 0.1) is 18.7 Å². The summed E-state index contributed by atoms with van der Waals surface area (Å²) in [7, 11) is 0. The Morgan fingerprint density at radius 3 is 2.44 bits per heavy atom. The van der Waals surface area contributed by atoms with Crippen molar-refractivity contribution < 1.29 is 18.8 Å². The molecule has 10 heteroatoms. The van der Waals surface area contributed by atoms with Crippen LogP contribution in [0.3, 0.4) is 0 Å².